The Hall–Kier alpha value is -0.870. The summed E-state index contributed by atoms with van der Waals surface area (Å²) in [5, 5.41) is 10.3. The van der Waals surface area contributed by atoms with Gasteiger partial charge < -0.3 is 10.1 Å². The largest absolute Gasteiger partial charge is 0.377 e. The van der Waals surface area contributed by atoms with E-state index in [1.54, 1.807) is 6.20 Å². The highest BCUT2D eigenvalue weighted by Crippen LogP contribution is 2.20. The van der Waals surface area contributed by atoms with Gasteiger partial charge in [0.05, 0.1) is 12.7 Å². The van der Waals surface area contributed by atoms with Crippen LogP contribution in [-0.4, -0.2) is 29.0 Å². The van der Waals surface area contributed by atoms with Crippen LogP contribution in [0.1, 0.15) is 19.5 Å². The van der Waals surface area contributed by atoms with Crippen LogP contribution in [0.5, 0.6) is 0 Å². The van der Waals surface area contributed by atoms with Crippen molar-refractivity contribution in [3.05, 3.63) is 18.0 Å². The first-order chi connectivity index (χ1) is 6.77. The van der Waals surface area contributed by atoms with Crippen molar-refractivity contribution in [2.24, 2.45) is 5.92 Å². The first-order valence-corrected chi connectivity index (χ1v) is 5.10. The van der Waals surface area contributed by atoms with Crippen LogP contribution in [0.25, 0.3) is 0 Å². The number of rotatable bonds is 3. The Labute approximate surface area is 84.0 Å². The lowest BCUT2D eigenvalue weighted by Crippen LogP contribution is -2.34. The third-order valence-corrected chi connectivity index (χ3v) is 3.03. The summed E-state index contributed by atoms with van der Waals surface area (Å²) >= 11 is 0. The van der Waals surface area contributed by atoms with Crippen molar-refractivity contribution >= 4 is 0 Å². The van der Waals surface area contributed by atoms with Gasteiger partial charge in [-0.15, -0.1) is 0 Å². The molecule has 0 amide bonds. The zero-order chi connectivity index (χ0) is 9.97. The van der Waals surface area contributed by atoms with Gasteiger partial charge in [0, 0.05) is 24.5 Å². The summed E-state index contributed by atoms with van der Waals surface area (Å²) in [4.78, 5) is 0. The van der Waals surface area contributed by atoms with Crippen LogP contribution in [0.3, 0.4) is 0 Å². The number of H-pyrrole nitrogens is 1. The second-order valence-corrected chi connectivity index (χ2v) is 3.97. The van der Waals surface area contributed by atoms with Crippen molar-refractivity contribution in [3.63, 3.8) is 0 Å². The second-order valence-electron chi connectivity index (χ2n) is 3.97. The lowest BCUT2D eigenvalue weighted by Gasteiger charge is -2.16. The molecule has 0 aromatic carbocycles. The molecule has 0 radical (unpaired) electrons. The highest BCUT2D eigenvalue weighted by Gasteiger charge is 2.30. The number of nitrogens with zero attached hydrogens (tertiary/aromatic N) is 1. The average Bonchev–Trinajstić information content (AvgIpc) is 2.77. The molecule has 78 valence electrons. The van der Waals surface area contributed by atoms with Gasteiger partial charge in [-0.3, -0.25) is 5.10 Å². The lowest BCUT2D eigenvalue weighted by atomic mass is 10.0. The molecule has 14 heavy (non-hydrogen) atoms. The molecule has 3 atom stereocenters. The fourth-order valence-electron chi connectivity index (χ4n) is 1.76. The molecule has 0 saturated carbocycles. The van der Waals surface area contributed by atoms with Gasteiger partial charge in [-0.2, -0.15) is 5.10 Å². The maximum absolute atomic E-state index is 5.56. The zero-order valence-electron chi connectivity index (χ0n) is 8.66. The van der Waals surface area contributed by atoms with E-state index in [1.807, 2.05) is 6.07 Å². The molecule has 2 N–H and O–H groups in total. The maximum atomic E-state index is 5.56. The molecule has 0 spiro atoms. The lowest BCUT2D eigenvalue weighted by molar-refractivity contribution is 0.108. The van der Waals surface area contributed by atoms with Crippen LogP contribution in [-0.2, 0) is 11.3 Å². The van der Waals surface area contributed by atoms with Gasteiger partial charge in [-0.25, -0.2) is 0 Å². The number of hydrogen-bond acceptors (Lipinski definition) is 3. The molecule has 4 nitrogen and oxygen atoms in total. The third-order valence-electron chi connectivity index (χ3n) is 3.03. The van der Waals surface area contributed by atoms with E-state index in [1.165, 1.54) is 0 Å². The Morgan fingerprint density at radius 1 is 1.64 bits per heavy atom. The maximum Gasteiger partial charge on any atom is 0.0627 e. The Morgan fingerprint density at radius 3 is 3.07 bits per heavy atom. The summed E-state index contributed by atoms with van der Waals surface area (Å²) in [6.07, 6.45) is 2.14. The molecule has 1 aliphatic rings. The summed E-state index contributed by atoms with van der Waals surface area (Å²) in [6, 6.07) is 2.45. The molecule has 3 unspecified atom stereocenters. The molecule has 0 aliphatic carbocycles. The van der Waals surface area contributed by atoms with E-state index in [4.69, 9.17) is 4.74 Å². The van der Waals surface area contributed by atoms with Gasteiger partial charge in [0.15, 0.2) is 0 Å². The van der Waals surface area contributed by atoms with Crippen LogP contribution in [0.2, 0.25) is 0 Å². The molecular weight excluding hydrogens is 178 g/mol. The van der Waals surface area contributed by atoms with Crippen molar-refractivity contribution in [1.29, 1.82) is 0 Å². The summed E-state index contributed by atoms with van der Waals surface area (Å²) in [5.74, 6) is 0.581. The van der Waals surface area contributed by atoms with Crippen LogP contribution >= 0.6 is 0 Å². The highest BCUT2D eigenvalue weighted by molar-refractivity contribution is 4.97. The minimum Gasteiger partial charge on any atom is -0.377 e. The molecule has 1 aliphatic heterocycles. The van der Waals surface area contributed by atoms with E-state index >= 15 is 0 Å². The van der Waals surface area contributed by atoms with E-state index in [2.05, 4.69) is 29.4 Å². The Morgan fingerprint density at radius 2 is 2.50 bits per heavy atom. The predicted molar refractivity (Wildman–Crippen MR) is 53.8 cm³/mol. The Bertz CT molecular complexity index is 273. The topological polar surface area (TPSA) is 49.9 Å². The first kappa shape index (κ1) is 9.68. The summed E-state index contributed by atoms with van der Waals surface area (Å²) in [6.45, 7) is 6.01. The third kappa shape index (κ3) is 1.96. The van der Waals surface area contributed by atoms with E-state index in [0.717, 1.165) is 18.8 Å². The quantitative estimate of drug-likeness (QED) is 0.754. The minimum atomic E-state index is 0.370. The normalized spacial score (nSPS) is 32.3. The second kappa shape index (κ2) is 4.11. The van der Waals surface area contributed by atoms with Gasteiger partial charge >= 0.3 is 0 Å². The first-order valence-electron chi connectivity index (χ1n) is 5.10. The van der Waals surface area contributed by atoms with Crippen LogP contribution in [0, 0.1) is 5.92 Å². The Kier molecular flexibility index (Phi) is 2.84. The number of aromatic nitrogens is 2. The van der Waals surface area contributed by atoms with Gasteiger partial charge in [0.1, 0.15) is 0 Å². The summed E-state index contributed by atoms with van der Waals surface area (Å²) < 4.78 is 5.56. The standard InChI is InChI=1S/C10H17N3O/c1-7-8(2)14-6-10(7)11-5-9-3-4-12-13-9/h3-4,7-8,10-11H,5-6H2,1-2H3,(H,12,13). The summed E-state index contributed by atoms with van der Waals surface area (Å²) in [5.41, 5.74) is 1.12. The molecular formula is C10H17N3O. The fraction of sp³-hybridized carbons (Fsp3) is 0.700. The molecule has 2 rings (SSSR count). The number of hydrogen-bond donors (Lipinski definition) is 2. The fourth-order valence-corrected chi connectivity index (χ4v) is 1.76. The molecule has 1 aromatic rings. The van der Waals surface area contributed by atoms with E-state index in [9.17, 15) is 0 Å². The number of aromatic amines is 1. The van der Waals surface area contributed by atoms with E-state index in [0.29, 0.717) is 18.1 Å². The van der Waals surface area contributed by atoms with Gasteiger partial charge in [-0.1, -0.05) is 6.92 Å². The van der Waals surface area contributed by atoms with Crippen LogP contribution in [0.4, 0.5) is 0 Å². The molecule has 2 heterocycles. The molecule has 1 aromatic heterocycles. The van der Waals surface area contributed by atoms with Crippen molar-refractivity contribution in [2.75, 3.05) is 6.61 Å². The smallest absolute Gasteiger partial charge is 0.0627 e. The van der Waals surface area contributed by atoms with E-state index < -0.39 is 0 Å². The van der Waals surface area contributed by atoms with E-state index in [-0.39, 0.29) is 0 Å². The van der Waals surface area contributed by atoms with Crippen molar-refractivity contribution in [1.82, 2.24) is 15.5 Å². The average molecular weight is 195 g/mol. The van der Waals surface area contributed by atoms with Gasteiger partial charge in [0.2, 0.25) is 0 Å². The summed E-state index contributed by atoms with van der Waals surface area (Å²) in [7, 11) is 0. The van der Waals surface area contributed by atoms with Crippen molar-refractivity contribution in [2.45, 2.75) is 32.5 Å². The molecule has 4 heteroatoms. The zero-order valence-corrected chi connectivity index (χ0v) is 8.66. The molecule has 1 fully saturated rings. The van der Waals surface area contributed by atoms with Crippen LogP contribution in [0.15, 0.2) is 12.3 Å². The molecule has 1 saturated heterocycles. The predicted octanol–water partition coefficient (Wildman–Crippen LogP) is 0.923. The highest BCUT2D eigenvalue weighted by atomic mass is 16.5. The van der Waals surface area contributed by atoms with Crippen molar-refractivity contribution in [3.8, 4) is 0 Å². The SMILES string of the molecule is CC1OCC(NCc2ccn[nH]2)C1C. The van der Waals surface area contributed by atoms with Crippen molar-refractivity contribution < 1.29 is 4.74 Å². The minimum absolute atomic E-state index is 0.370. The van der Waals surface area contributed by atoms with Gasteiger partial charge in [0.25, 0.3) is 0 Å². The monoisotopic (exact) mass is 195 g/mol. The molecule has 0 bridgehead atoms. The Balaban J connectivity index is 1.81. The number of nitrogens with one attached hydrogen (secondary N) is 2. The van der Waals surface area contributed by atoms with Gasteiger partial charge in [-0.05, 0) is 18.9 Å². The van der Waals surface area contributed by atoms with Crippen LogP contribution < -0.4 is 5.32 Å². The number of ether oxygens (including phenoxy) is 1.